The first kappa shape index (κ1) is 15.3. The van der Waals surface area contributed by atoms with Crippen molar-refractivity contribution in [1.29, 1.82) is 0 Å². The molecule has 2 N–H and O–H groups in total. The summed E-state index contributed by atoms with van der Waals surface area (Å²) in [5.74, 6) is -1.36. The molecule has 110 valence electrons. The van der Waals surface area contributed by atoms with Crippen LogP contribution in [0.5, 0.6) is 5.75 Å². The molecule has 0 aliphatic carbocycles. The highest BCUT2D eigenvalue weighted by molar-refractivity contribution is 9.10. The summed E-state index contributed by atoms with van der Waals surface area (Å²) in [5.41, 5.74) is 0.741. The largest absolute Gasteiger partial charge is 0.508 e. The Hall–Kier alpha value is -2.08. The first-order chi connectivity index (χ1) is 10.0. The second kappa shape index (κ2) is 6.58. The molecule has 0 heterocycles. The third kappa shape index (κ3) is 3.72. The summed E-state index contributed by atoms with van der Waals surface area (Å²) >= 11 is 3.32. The Morgan fingerprint density at radius 2 is 2.10 bits per heavy atom. The van der Waals surface area contributed by atoms with Gasteiger partial charge in [-0.1, -0.05) is 22.0 Å². The zero-order chi connectivity index (χ0) is 15.4. The molecule has 0 bridgehead atoms. The number of halogens is 2. The molecular formula is C15H13BrFNO3. The molecule has 0 aromatic heterocycles. The molecule has 0 spiro atoms. The van der Waals surface area contributed by atoms with Crippen molar-refractivity contribution in [3.05, 3.63) is 58.3 Å². The van der Waals surface area contributed by atoms with Gasteiger partial charge in [-0.2, -0.15) is 0 Å². The van der Waals surface area contributed by atoms with Gasteiger partial charge in [-0.05, 0) is 36.4 Å². The van der Waals surface area contributed by atoms with Crippen molar-refractivity contribution in [3.63, 3.8) is 0 Å². The lowest BCUT2D eigenvalue weighted by Crippen LogP contribution is -2.22. The monoisotopic (exact) mass is 353 g/mol. The summed E-state index contributed by atoms with van der Waals surface area (Å²) in [5, 5.41) is 12.8. The quantitative estimate of drug-likeness (QED) is 0.824. The number of carbonyl (C=O) groups excluding carboxylic acids is 1. The number of methoxy groups -OCH3 is 1. The lowest BCUT2D eigenvalue weighted by Gasteiger charge is -2.19. The molecule has 21 heavy (non-hydrogen) atoms. The van der Waals surface area contributed by atoms with Gasteiger partial charge in [-0.3, -0.25) is 0 Å². The number of hydrogen-bond donors (Lipinski definition) is 2. The number of aromatic hydroxyl groups is 1. The fourth-order valence-electron chi connectivity index (χ4n) is 1.88. The summed E-state index contributed by atoms with van der Waals surface area (Å²) < 4.78 is 18.9. The smallest absolute Gasteiger partial charge is 0.333 e. The summed E-state index contributed by atoms with van der Waals surface area (Å²) in [6, 6.07) is 9.52. The SMILES string of the molecule is COC(=O)C(Nc1cccc(Br)c1)c1cc(F)ccc1O. The van der Waals surface area contributed by atoms with Gasteiger partial charge >= 0.3 is 5.97 Å². The highest BCUT2D eigenvalue weighted by Gasteiger charge is 2.25. The van der Waals surface area contributed by atoms with E-state index in [1.807, 2.05) is 6.07 Å². The van der Waals surface area contributed by atoms with E-state index in [2.05, 4.69) is 21.2 Å². The van der Waals surface area contributed by atoms with Crippen LogP contribution < -0.4 is 5.32 Å². The Kier molecular flexibility index (Phi) is 4.80. The minimum absolute atomic E-state index is 0.113. The average molecular weight is 354 g/mol. The van der Waals surface area contributed by atoms with E-state index in [9.17, 15) is 14.3 Å². The second-order valence-electron chi connectivity index (χ2n) is 4.31. The number of nitrogens with one attached hydrogen (secondary N) is 1. The van der Waals surface area contributed by atoms with E-state index in [0.29, 0.717) is 5.69 Å². The van der Waals surface area contributed by atoms with Gasteiger partial charge in [0.1, 0.15) is 11.6 Å². The number of phenolic OH excluding ortho intramolecular Hbond substituents is 1. The van der Waals surface area contributed by atoms with E-state index in [-0.39, 0.29) is 11.3 Å². The van der Waals surface area contributed by atoms with E-state index in [4.69, 9.17) is 4.74 Å². The molecule has 2 rings (SSSR count). The van der Waals surface area contributed by atoms with Gasteiger partial charge in [0.2, 0.25) is 0 Å². The van der Waals surface area contributed by atoms with Gasteiger partial charge in [0, 0.05) is 15.7 Å². The molecule has 0 saturated carbocycles. The van der Waals surface area contributed by atoms with E-state index in [1.54, 1.807) is 18.2 Å². The molecule has 0 aliphatic rings. The second-order valence-corrected chi connectivity index (χ2v) is 5.23. The Morgan fingerprint density at radius 1 is 1.33 bits per heavy atom. The summed E-state index contributed by atoms with van der Waals surface area (Å²) in [7, 11) is 1.23. The number of phenols is 1. The molecule has 6 heteroatoms. The molecule has 0 saturated heterocycles. The van der Waals surface area contributed by atoms with Crippen molar-refractivity contribution >= 4 is 27.6 Å². The minimum Gasteiger partial charge on any atom is -0.508 e. The number of rotatable bonds is 4. The lowest BCUT2D eigenvalue weighted by molar-refractivity contribution is -0.141. The van der Waals surface area contributed by atoms with Crippen LogP contribution in [0.3, 0.4) is 0 Å². The van der Waals surface area contributed by atoms with Gasteiger partial charge in [-0.25, -0.2) is 9.18 Å². The predicted octanol–water partition coefficient (Wildman–Crippen LogP) is 3.62. The average Bonchev–Trinajstić information content (AvgIpc) is 2.47. The van der Waals surface area contributed by atoms with Gasteiger partial charge in [0.15, 0.2) is 6.04 Å². The number of ether oxygens (including phenoxy) is 1. The van der Waals surface area contributed by atoms with Crippen LogP contribution in [0.2, 0.25) is 0 Å². The number of esters is 1. The zero-order valence-corrected chi connectivity index (χ0v) is 12.7. The van der Waals surface area contributed by atoms with Crippen LogP contribution in [0.15, 0.2) is 46.9 Å². The Bertz CT molecular complexity index is 663. The van der Waals surface area contributed by atoms with Crippen molar-refractivity contribution in [2.24, 2.45) is 0 Å². The van der Waals surface area contributed by atoms with E-state index < -0.39 is 17.8 Å². The number of anilines is 1. The van der Waals surface area contributed by atoms with Crippen molar-refractivity contribution in [1.82, 2.24) is 0 Å². The highest BCUT2D eigenvalue weighted by atomic mass is 79.9. The summed E-state index contributed by atoms with van der Waals surface area (Å²) in [4.78, 5) is 11.9. The van der Waals surface area contributed by atoms with Gasteiger partial charge in [0.05, 0.1) is 7.11 Å². The maximum absolute atomic E-state index is 13.4. The number of carbonyl (C=O) groups is 1. The number of benzene rings is 2. The van der Waals surface area contributed by atoms with Gasteiger partial charge in [-0.15, -0.1) is 0 Å². The van der Waals surface area contributed by atoms with Crippen LogP contribution >= 0.6 is 15.9 Å². The maximum Gasteiger partial charge on any atom is 0.333 e. The molecule has 1 atom stereocenters. The molecule has 0 fully saturated rings. The van der Waals surface area contributed by atoms with Gasteiger partial charge < -0.3 is 15.2 Å². The molecule has 0 radical (unpaired) electrons. The maximum atomic E-state index is 13.4. The molecule has 2 aromatic carbocycles. The standard InChI is InChI=1S/C15H13BrFNO3/c1-21-15(20)14(12-8-10(17)5-6-13(12)19)18-11-4-2-3-9(16)7-11/h2-8,14,18-19H,1H3. The van der Waals surface area contributed by atoms with Crippen molar-refractivity contribution in [3.8, 4) is 5.75 Å². The van der Waals surface area contributed by atoms with E-state index >= 15 is 0 Å². The Morgan fingerprint density at radius 3 is 2.76 bits per heavy atom. The van der Waals surface area contributed by atoms with Crippen molar-refractivity contribution < 1.29 is 19.0 Å². The number of hydrogen-bond acceptors (Lipinski definition) is 4. The highest BCUT2D eigenvalue weighted by Crippen LogP contribution is 2.29. The Balaban J connectivity index is 2.39. The fourth-order valence-corrected chi connectivity index (χ4v) is 2.28. The van der Waals surface area contributed by atoms with Crippen LogP contribution in [-0.4, -0.2) is 18.2 Å². The first-order valence-electron chi connectivity index (χ1n) is 6.09. The van der Waals surface area contributed by atoms with Crippen LogP contribution in [0.4, 0.5) is 10.1 Å². The van der Waals surface area contributed by atoms with Crippen LogP contribution in [0.1, 0.15) is 11.6 Å². The zero-order valence-electron chi connectivity index (χ0n) is 11.1. The third-order valence-electron chi connectivity index (χ3n) is 2.87. The van der Waals surface area contributed by atoms with Crippen LogP contribution in [-0.2, 0) is 9.53 Å². The van der Waals surface area contributed by atoms with Gasteiger partial charge in [0.25, 0.3) is 0 Å². The molecule has 2 aromatic rings. The fraction of sp³-hybridized carbons (Fsp3) is 0.133. The first-order valence-corrected chi connectivity index (χ1v) is 6.89. The van der Waals surface area contributed by atoms with Crippen LogP contribution in [0.25, 0.3) is 0 Å². The third-order valence-corrected chi connectivity index (χ3v) is 3.37. The van der Waals surface area contributed by atoms with Crippen molar-refractivity contribution in [2.45, 2.75) is 6.04 Å². The molecule has 0 amide bonds. The summed E-state index contributed by atoms with van der Waals surface area (Å²) in [6.07, 6.45) is 0. The van der Waals surface area contributed by atoms with Crippen LogP contribution in [0, 0.1) is 5.82 Å². The van der Waals surface area contributed by atoms with E-state index in [1.165, 1.54) is 13.2 Å². The predicted molar refractivity (Wildman–Crippen MR) is 80.6 cm³/mol. The van der Waals surface area contributed by atoms with Crippen molar-refractivity contribution in [2.75, 3.05) is 12.4 Å². The summed E-state index contributed by atoms with van der Waals surface area (Å²) in [6.45, 7) is 0. The molecule has 0 aliphatic heterocycles. The van der Waals surface area contributed by atoms with E-state index in [0.717, 1.165) is 16.6 Å². The lowest BCUT2D eigenvalue weighted by atomic mass is 10.0. The topological polar surface area (TPSA) is 58.6 Å². The normalized spacial score (nSPS) is 11.8. The Labute approximate surface area is 129 Å². The molecular weight excluding hydrogens is 341 g/mol. The molecule has 4 nitrogen and oxygen atoms in total. The minimum atomic E-state index is -1.01. The molecule has 1 unspecified atom stereocenters.